The van der Waals surface area contributed by atoms with Crippen molar-refractivity contribution in [2.75, 3.05) is 19.8 Å². The highest BCUT2D eigenvalue weighted by Gasteiger charge is 2.65. The van der Waals surface area contributed by atoms with Crippen LogP contribution in [0.1, 0.15) is 99.5 Å². The number of benzene rings is 5. The Bertz CT molecular complexity index is 2810. The van der Waals surface area contributed by atoms with Crippen LogP contribution in [0.3, 0.4) is 0 Å². The maximum absolute atomic E-state index is 15.5. The summed E-state index contributed by atoms with van der Waals surface area (Å²) in [6, 6.07) is 31.5. The quantitative estimate of drug-likeness (QED) is 0.0255. The first-order chi connectivity index (χ1) is 34.2. The molecule has 0 bridgehead atoms. The molecule has 1 amide bonds. The molecule has 372 valence electrons. The third-order valence-corrected chi connectivity index (χ3v) is 14.2. The van der Waals surface area contributed by atoms with Gasteiger partial charge in [0.05, 0.1) is 23.2 Å². The molecule has 1 aliphatic heterocycles. The number of aliphatic hydroxyl groups excluding tert-OH is 2. The number of nitro groups is 1. The van der Waals surface area contributed by atoms with Crippen molar-refractivity contribution < 1.29 is 39.0 Å². The summed E-state index contributed by atoms with van der Waals surface area (Å²) >= 11 is 0. The summed E-state index contributed by atoms with van der Waals surface area (Å²) < 4.78 is 21.5. The van der Waals surface area contributed by atoms with E-state index in [0.29, 0.717) is 35.6 Å². The smallest absolute Gasteiger partial charge is 0.269 e. The van der Waals surface area contributed by atoms with E-state index in [2.05, 4.69) is 56.8 Å². The van der Waals surface area contributed by atoms with Gasteiger partial charge in [-0.15, -0.1) is 6.58 Å². The zero-order chi connectivity index (χ0) is 50.3. The number of ether oxygens (including phenoxy) is 3. The number of rotatable bonds is 20. The first-order valence-corrected chi connectivity index (χ1v) is 24.9. The second-order valence-corrected chi connectivity index (χ2v) is 20.1. The van der Waals surface area contributed by atoms with E-state index in [4.69, 9.17) is 24.2 Å². The van der Waals surface area contributed by atoms with Gasteiger partial charge in [0.15, 0.2) is 0 Å². The first kappa shape index (κ1) is 50.8. The summed E-state index contributed by atoms with van der Waals surface area (Å²) in [5, 5.41) is 38.7. The number of fused-ring (bicyclic) bond motifs is 3. The van der Waals surface area contributed by atoms with Crippen LogP contribution in [0.25, 0.3) is 16.8 Å². The van der Waals surface area contributed by atoms with E-state index >= 15 is 4.79 Å². The Morgan fingerprint density at radius 2 is 1.63 bits per heavy atom. The fourth-order valence-electron chi connectivity index (χ4n) is 10.7. The fourth-order valence-corrected chi connectivity index (χ4v) is 10.7. The van der Waals surface area contributed by atoms with E-state index in [-0.39, 0.29) is 62.1 Å². The molecule has 6 atom stereocenters. The minimum absolute atomic E-state index is 0.00741. The van der Waals surface area contributed by atoms with Gasteiger partial charge >= 0.3 is 0 Å². The lowest BCUT2D eigenvalue weighted by Crippen LogP contribution is -2.70. The van der Waals surface area contributed by atoms with Crippen LogP contribution in [0.2, 0.25) is 0 Å². The summed E-state index contributed by atoms with van der Waals surface area (Å²) in [5.74, 6) is -0.617. The summed E-state index contributed by atoms with van der Waals surface area (Å²) in [6.45, 7) is 14.5. The molecule has 0 radical (unpaired) electrons. The normalized spacial score (nSPS) is 22.0. The second kappa shape index (κ2) is 22.2. The Morgan fingerprint density at radius 3 is 2.35 bits per heavy atom. The van der Waals surface area contributed by atoms with Crippen LogP contribution in [0.4, 0.5) is 5.69 Å². The number of hydrogen-bond acceptors (Lipinski definition) is 10. The molecular formula is C59H67N3O9. The maximum atomic E-state index is 15.5. The van der Waals surface area contributed by atoms with Crippen molar-refractivity contribution in [3.63, 3.8) is 0 Å². The lowest BCUT2D eigenvalue weighted by atomic mass is 9.55. The van der Waals surface area contributed by atoms with Crippen LogP contribution in [0.15, 0.2) is 139 Å². The van der Waals surface area contributed by atoms with Crippen molar-refractivity contribution in [1.82, 2.24) is 4.90 Å². The molecule has 2 aliphatic carbocycles. The second-order valence-electron chi connectivity index (χ2n) is 20.1. The molecule has 5 aromatic rings. The highest BCUT2D eigenvalue weighted by molar-refractivity contribution is 6.03. The number of oxime groups is 1. The van der Waals surface area contributed by atoms with Crippen molar-refractivity contribution >= 4 is 34.2 Å². The molecule has 1 fully saturated rings. The number of carbonyl (C=O) groups is 1. The molecule has 6 unspecified atom stereocenters. The zero-order valence-electron chi connectivity index (χ0n) is 41.6. The van der Waals surface area contributed by atoms with Crippen LogP contribution in [-0.2, 0) is 20.9 Å². The number of nitrogens with zero attached hydrogens (tertiary/aromatic N) is 3. The Kier molecular flexibility index (Phi) is 15.9. The molecule has 0 aromatic heterocycles. The lowest BCUT2D eigenvalue weighted by molar-refractivity contribution is -0.384. The monoisotopic (exact) mass is 961 g/mol. The molecule has 71 heavy (non-hydrogen) atoms. The number of aryl methyl sites for hydroxylation is 2. The molecule has 3 aliphatic rings. The van der Waals surface area contributed by atoms with Crippen LogP contribution < -0.4 is 9.47 Å². The molecule has 0 saturated heterocycles. The molecular weight excluding hydrogens is 895 g/mol. The van der Waals surface area contributed by atoms with Crippen LogP contribution in [0.5, 0.6) is 17.2 Å². The van der Waals surface area contributed by atoms with E-state index in [1.54, 1.807) is 24.3 Å². The minimum atomic E-state index is -1.51. The molecule has 1 saturated carbocycles. The number of nitro benzene ring substituents is 1. The molecule has 2 N–H and O–H groups in total. The van der Waals surface area contributed by atoms with Gasteiger partial charge in [0.25, 0.3) is 5.69 Å². The van der Waals surface area contributed by atoms with Gasteiger partial charge in [0.2, 0.25) is 11.7 Å². The average Bonchev–Trinajstić information content (AvgIpc) is 3.35. The Balaban J connectivity index is 1.37. The van der Waals surface area contributed by atoms with Crippen molar-refractivity contribution in [1.29, 1.82) is 0 Å². The molecule has 1 heterocycles. The molecule has 12 heteroatoms. The average molecular weight is 962 g/mol. The third-order valence-electron chi connectivity index (χ3n) is 14.2. The van der Waals surface area contributed by atoms with Crippen molar-refractivity contribution in [3.8, 4) is 17.2 Å². The van der Waals surface area contributed by atoms with Gasteiger partial charge in [-0.2, -0.15) is 0 Å². The van der Waals surface area contributed by atoms with Gasteiger partial charge in [-0.25, -0.2) is 0 Å². The Labute approximate surface area is 417 Å². The number of carbonyl (C=O) groups excluding carboxylic acids is 1. The van der Waals surface area contributed by atoms with Gasteiger partial charge in [-0.3, -0.25) is 14.9 Å². The number of allylic oxidation sites excluding steroid dienone is 1. The minimum Gasteiger partial charge on any atom is -0.459 e. The summed E-state index contributed by atoms with van der Waals surface area (Å²) in [5.41, 5.74) is 5.68. The van der Waals surface area contributed by atoms with Gasteiger partial charge in [-0.1, -0.05) is 78.7 Å². The summed E-state index contributed by atoms with van der Waals surface area (Å²) in [7, 11) is 0. The van der Waals surface area contributed by atoms with Gasteiger partial charge < -0.3 is 34.2 Å². The largest absolute Gasteiger partial charge is 0.459 e. The predicted octanol–water partition coefficient (Wildman–Crippen LogP) is 12.3. The van der Waals surface area contributed by atoms with Crippen LogP contribution >= 0.6 is 0 Å². The van der Waals surface area contributed by atoms with Crippen molar-refractivity contribution in [3.05, 3.63) is 171 Å². The molecule has 5 aromatic carbocycles. The zero-order valence-corrected chi connectivity index (χ0v) is 41.6. The molecule has 0 spiro atoms. The topological polar surface area (TPSA) is 153 Å². The number of aliphatic hydroxyl groups is 2. The predicted molar refractivity (Wildman–Crippen MR) is 278 cm³/mol. The van der Waals surface area contributed by atoms with Gasteiger partial charge in [-0.05, 0) is 159 Å². The van der Waals surface area contributed by atoms with Crippen LogP contribution in [-0.4, -0.2) is 68.9 Å². The number of hydrogen-bond donors (Lipinski definition) is 2. The number of unbranched alkanes of at least 4 members (excludes halogenated alkanes) is 2. The van der Waals surface area contributed by atoms with E-state index < -0.39 is 28.3 Å². The summed E-state index contributed by atoms with van der Waals surface area (Å²) in [6.07, 6.45) is 11.9. The SMILES string of the molecule is C=CCOC12Oc3ccc(Oc4ccc(C)c(C)c4)cc3C3C(CCCCO)C(CCCCO)C=C(C(=NOC(C)(C)C)CC1N(Cc1cccc4ccccc14)C(=O)C=Cc1ccc([N+](=O)[O-])cc1)C32. The highest BCUT2D eigenvalue weighted by atomic mass is 16.7. The lowest BCUT2D eigenvalue weighted by Gasteiger charge is -2.60. The Morgan fingerprint density at radius 1 is 0.915 bits per heavy atom. The molecule has 8 rings (SSSR count). The van der Waals surface area contributed by atoms with Gasteiger partial charge in [0, 0.05) is 55.9 Å². The fraction of sp³-hybridized carbons (Fsp3) is 0.390. The number of non-ortho nitro benzene ring substituents is 1. The van der Waals surface area contributed by atoms with Crippen molar-refractivity contribution in [2.24, 2.45) is 22.9 Å². The van der Waals surface area contributed by atoms with Gasteiger partial charge in [0.1, 0.15) is 28.9 Å². The standard InChI is InChI=1S/C59H67N3O9/c1-7-33-68-59-54(61(38-44-18-14-17-42-15-8-9-19-48(42)44)55(65)30-24-41-22-25-45(26-23-41)62(66)67)37-52(60-71-58(4,5)6)50-35-43(16-10-12-31-63)49(20-11-13-32-64)56(57(50)59)51-36-47(28-29-53(51)70-59)69-46-27-21-39(2)40(3)34-46/h7-9,14-15,17-19,21-30,34-36,43,49,54,56-57,63-64H,1,10-13,16,20,31-33,37-38H2,2-6H3. The third kappa shape index (κ3) is 11.3. The first-order valence-electron chi connectivity index (χ1n) is 24.9. The van der Waals surface area contributed by atoms with Crippen molar-refractivity contribution in [2.45, 2.75) is 109 Å². The van der Waals surface area contributed by atoms with E-state index in [9.17, 15) is 20.3 Å². The number of amides is 1. The highest BCUT2D eigenvalue weighted by Crippen LogP contribution is 2.62. The van der Waals surface area contributed by atoms with E-state index in [1.165, 1.54) is 23.8 Å². The van der Waals surface area contributed by atoms with Crippen LogP contribution in [0, 0.1) is 41.7 Å². The summed E-state index contributed by atoms with van der Waals surface area (Å²) in [4.78, 5) is 34.8. The van der Waals surface area contributed by atoms with E-state index in [1.807, 2.05) is 74.2 Å². The molecule has 12 nitrogen and oxygen atoms in total. The maximum Gasteiger partial charge on any atom is 0.269 e. The Hall–Kier alpha value is -6.60. The van der Waals surface area contributed by atoms with E-state index in [0.717, 1.165) is 64.5 Å².